The summed E-state index contributed by atoms with van der Waals surface area (Å²) in [4.78, 5) is 25.9. The Labute approximate surface area is 185 Å². The molecule has 32 heavy (non-hydrogen) atoms. The Hall–Kier alpha value is -4.20. The lowest BCUT2D eigenvalue weighted by molar-refractivity contribution is -0.116. The van der Waals surface area contributed by atoms with E-state index in [1.807, 2.05) is 59.4 Å². The lowest BCUT2D eigenvalue weighted by Gasteiger charge is -2.01. The van der Waals surface area contributed by atoms with Crippen LogP contribution in [0, 0.1) is 0 Å². The number of hydrogen-bond donors (Lipinski definition) is 3. The first-order chi connectivity index (χ1) is 15.7. The molecule has 0 aliphatic carbocycles. The van der Waals surface area contributed by atoms with Crippen LogP contribution in [-0.2, 0) is 17.8 Å². The quantitative estimate of drug-likeness (QED) is 0.281. The van der Waals surface area contributed by atoms with Gasteiger partial charge < -0.3 is 5.32 Å². The molecule has 4 aromatic rings. The second-order valence-corrected chi connectivity index (χ2v) is 7.33. The number of carbonyl (C=O) groups is 1. The Balaban J connectivity index is 1.42. The van der Waals surface area contributed by atoms with Crippen molar-refractivity contribution >= 4 is 12.0 Å². The molecule has 0 aliphatic rings. The van der Waals surface area contributed by atoms with Crippen molar-refractivity contribution in [3.8, 4) is 11.3 Å². The standard InChI is InChI=1S/C24H24N6O2/c31-22(25-15-7-12-21-26-24(32)28-27-21)14-13-20-17-30(16-18-8-3-1-4-9-18)29-23(20)19-10-5-2-6-11-19/h1-6,8-11,13-14,17H,7,12,15-16H2,(H,25,31)(H2,26,27,28,32)/b14-13-. The van der Waals surface area contributed by atoms with Gasteiger partial charge in [0.1, 0.15) is 5.82 Å². The first-order valence-electron chi connectivity index (χ1n) is 10.4. The Kier molecular flexibility index (Phi) is 6.72. The van der Waals surface area contributed by atoms with Crippen molar-refractivity contribution in [1.29, 1.82) is 0 Å². The number of aromatic amines is 2. The van der Waals surface area contributed by atoms with Crippen LogP contribution in [0.2, 0.25) is 0 Å². The molecule has 0 bridgehead atoms. The van der Waals surface area contributed by atoms with Crippen LogP contribution in [0.1, 0.15) is 23.4 Å². The third-order valence-electron chi connectivity index (χ3n) is 4.88. The molecule has 4 rings (SSSR count). The van der Waals surface area contributed by atoms with Crippen LogP contribution in [0.5, 0.6) is 0 Å². The van der Waals surface area contributed by atoms with Crippen LogP contribution in [0.25, 0.3) is 17.3 Å². The third-order valence-corrected chi connectivity index (χ3v) is 4.88. The maximum absolute atomic E-state index is 12.3. The zero-order valence-corrected chi connectivity index (χ0v) is 17.5. The number of aryl methyl sites for hydroxylation is 1. The number of nitrogens with one attached hydrogen (secondary N) is 3. The van der Waals surface area contributed by atoms with Crippen LogP contribution in [-0.4, -0.2) is 37.4 Å². The zero-order valence-electron chi connectivity index (χ0n) is 17.5. The van der Waals surface area contributed by atoms with Crippen molar-refractivity contribution in [2.45, 2.75) is 19.4 Å². The molecule has 0 spiro atoms. The Bertz CT molecular complexity index is 1240. The average molecular weight is 428 g/mol. The molecule has 0 fully saturated rings. The fourth-order valence-electron chi connectivity index (χ4n) is 3.35. The first kappa shape index (κ1) is 21.0. The van der Waals surface area contributed by atoms with Gasteiger partial charge in [-0.1, -0.05) is 60.7 Å². The summed E-state index contributed by atoms with van der Waals surface area (Å²) in [6.45, 7) is 1.13. The molecule has 2 aromatic heterocycles. The molecule has 0 saturated carbocycles. The number of hydrogen-bond acceptors (Lipinski definition) is 4. The summed E-state index contributed by atoms with van der Waals surface area (Å²) in [6, 6.07) is 20.0. The molecule has 162 valence electrons. The van der Waals surface area contributed by atoms with Crippen LogP contribution in [0.15, 0.2) is 77.7 Å². The highest BCUT2D eigenvalue weighted by atomic mass is 16.1. The van der Waals surface area contributed by atoms with Gasteiger partial charge in [-0.2, -0.15) is 10.2 Å². The molecule has 8 heteroatoms. The van der Waals surface area contributed by atoms with E-state index < -0.39 is 0 Å². The average Bonchev–Trinajstić information content (AvgIpc) is 3.42. The minimum Gasteiger partial charge on any atom is -0.353 e. The summed E-state index contributed by atoms with van der Waals surface area (Å²) in [7, 11) is 0. The molecule has 0 unspecified atom stereocenters. The van der Waals surface area contributed by atoms with E-state index in [-0.39, 0.29) is 11.6 Å². The van der Waals surface area contributed by atoms with Gasteiger partial charge in [-0.15, -0.1) is 0 Å². The van der Waals surface area contributed by atoms with E-state index in [9.17, 15) is 9.59 Å². The van der Waals surface area contributed by atoms with Crippen molar-refractivity contribution < 1.29 is 4.79 Å². The van der Waals surface area contributed by atoms with E-state index in [4.69, 9.17) is 5.10 Å². The van der Waals surface area contributed by atoms with E-state index in [0.29, 0.717) is 31.8 Å². The van der Waals surface area contributed by atoms with E-state index in [1.54, 1.807) is 6.08 Å². The summed E-state index contributed by atoms with van der Waals surface area (Å²) >= 11 is 0. The molecular formula is C24H24N6O2. The zero-order chi connectivity index (χ0) is 22.2. The predicted molar refractivity (Wildman–Crippen MR) is 123 cm³/mol. The second-order valence-electron chi connectivity index (χ2n) is 7.33. The van der Waals surface area contributed by atoms with Crippen molar-refractivity contribution in [1.82, 2.24) is 30.3 Å². The smallest absolute Gasteiger partial charge is 0.340 e. The van der Waals surface area contributed by atoms with Gasteiger partial charge in [-0.3, -0.25) is 14.5 Å². The number of rotatable bonds is 9. The van der Waals surface area contributed by atoms with Crippen LogP contribution in [0.3, 0.4) is 0 Å². The molecule has 2 aromatic carbocycles. The van der Waals surface area contributed by atoms with E-state index >= 15 is 0 Å². The SMILES string of the molecule is O=C(/C=C\c1cn(Cc2ccccc2)nc1-c1ccccc1)NCCCc1n[nH]c(=O)[nH]1. The minimum absolute atomic E-state index is 0.185. The summed E-state index contributed by atoms with van der Waals surface area (Å²) in [5.41, 5.74) is 3.52. The lowest BCUT2D eigenvalue weighted by atomic mass is 10.1. The Morgan fingerprint density at radius 3 is 2.53 bits per heavy atom. The molecule has 1 amide bonds. The summed E-state index contributed by atoms with van der Waals surface area (Å²) < 4.78 is 1.89. The highest BCUT2D eigenvalue weighted by Crippen LogP contribution is 2.23. The summed E-state index contributed by atoms with van der Waals surface area (Å²) in [6.07, 6.45) is 6.51. The fraction of sp³-hybridized carbons (Fsp3) is 0.167. The molecule has 0 aliphatic heterocycles. The van der Waals surface area contributed by atoms with Gasteiger partial charge in [-0.25, -0.2) is 9.89 Å². The largest absolute Gasteiger partial charge is 0.353 e. The van der Waals surface area contributed by atoms with Crippen LogP contribution >= 0.6 is 0 Å². The minimum atomic E-state index is -0.325. The normalized spacial score (nSPS) is 11.1. The van der Waals surface area contributed by atoms with Crippen molar-refractivity contribution in [2.75, 3.05) is 6.54 Å². The van der Waals surface area contributed by atoms with Crippen molar-refractivity contribution in [2.24, 2.45) is 0 Å². The van der Waals surface area contributed by atoms with Gasteiger partial charge in [0.15, 0.2) is 0 Å². The molecule has 0 atom stereocenters. The van der Waals surface area contributed by atoms with Crippen LogP contribution in [0.4, 0.5) is 0 Å². The van der Waals surface area contributed by atoms with E-state index in [2.05, 4.69) is 32.6 Å². The molecule has 8 nitrogen and oxygen atoms in total. The van der Waals surface area contributed by atoms with Gasteiger partial charge in [0.05, 0.1) is 12.2 Å². The fourth-order valence-corrected chi connectivity index (χ4v) is 3.35. The van der Waals surface area contributed by atoms with Crippen molar-refractivity contribution in [3.05, 3.63) is 100 Å². The number of H-pyrrole nitrogens is 2. The molecule has 0 radical (unpaired) electrons. The summed E-state index contributed by atoms with van der Waals surface area (Å²) in [5.74, 6) is 0.397. The lowest BCUT2D eigenvalue weighted by Crippen LogP contribution is -2.22. The maximum Gasteiger partial charge on any atom is 0.340 e. The number of benzene rings is 2. The van der Waals surface area contributed by atoms with E-state index in [1.165, 1.54) is 6.08 Å². The topological polar surface area (TPSA) is 108 Å². The molecule has 3 N–H and O–H groups in total. The molecule has 0 saturated heterocycles. The first-order valence-corrected chi connectivity index (χ1v) is 10.4. The number of aromatic nitrogens is 5. The van der Waals surface area contributed by atoms with Gasteiger partial charge in [0.2, 0.25) is 5.91 Å². The highest BCUT2D eigenvalue weighted by molar-refractivity contribution is 5.92. The highest BCUT2D eigenvalue weighted by Gasteiger charge is 2.10. The number of nitrogens with zero attached hydrogens (tertiary/aromatic N) is 3. The predicted octanol–water partition coefficient (Wildman–Crippen LogP) is 2.77. The van der Waals surface area contributed by atoms with Gasteiger partial charge >= 0.3 is 5.69 Å². The second kappa shape index (κ2) is 10.2. The molecule has 2 heterocycles. The summed E-state index contributed by atoms with van der Waals surface area (Å²) in [5, 5.41) is 13.8. The number of carbonyl (C=O) groups excluding carboxylic acids is 1. The van der Waals surface area contributed by atoms with Crippen molar-refractivity contribution in [3.63, 3.8) is 0 Å². The van der Waals surface area contributed by atoms with Gasteiger partial charge in [0.25, 0.3) is 0 Å². The molecular weight excluding hydrogens is 404 g/mol. The Morgan fingerprint density at radius 2 is 1.81 bits per heavy atom. The number of amides is 1. The van der Waals surface area contributed by atoms with Gasteiger partial charge in [0, 0.05) is 36.4 Å². The van der Waals surface area contributed by atoms with Gasteiger partial charge in [-0.05, 0) is 18.1 Å². The van der Waals surface area contributed by atoms with Crippen LogP contribution < -0.4 is 11.0 Å². The van der Waals surface area contributed by atoms with E-state index in [0.717, 1.165) is 22.4 Å². The Morgan fingerprint density at radius 1 is 1.06 bits per heavy atom. The maximum atomic E-state index is 12.3. The third kappa shape index (κ3) is 5.69. The monoisotopic (exact) mass is 428 g/mol.